The number of hydrogen-bond donors (Lipinski definition) is 0. The lowest BCUT2D eigenvalue weighted by Gasteiger charge is -2.07. The maximum atomic E-state index is 11.6. The number of aryl methyl sites for hydroxylation is 1. The van der Waals surface area contributed by atoms with Crippen LogP contribution in [0.5, 0.6) is 5.75 Å². The number of hydrogen-bond acceptors (Lipinski definition) is 5. The van der Waals surface area contributed by atoms with Gasteiger partial charge in [0.25, 0.3) is 0 Å². The van der Waals surface area contributed by atoms with Crippen molar-refractivity contribution in [2.24, 2.45) is 0 Å². The fraction of sp³-hybridized carbons (Fsp3) is 0.308. The van der Waals surface area contributed by atoms with Gasteiger partial charge in [-0.3, -0.25) is 9.67 Å². The maximum absolute atomic E-state index is 11.6. The van der Waals surface area contributed by atoms with Crippen LogP contribution in [0.2, 0.25) is 0 Å². The molecule has 2 rings (SSSR count). The molecule has 100 valence electrons. The fourth-order valence-electron chi connectivity index (χ4n) is 1.59. The second-order valence-corrected chi connectivity index (χ2v) is 3.81. The van der Waals surface area contributed by atoms with E-state index in [2.05, 4.69) is 10.1 Å². The van der Waals surface area contributed by atoms with Gasteiger partial charge in [-0.25, -0.2) is 4.79 Å². The molecule has 2 heterocycles. The first-order valence-electron chi connectivity index (χ1n) is 5.92. The van der Waals surface area contributed by atoms with Crippen LogP contribution in [-0.4, -0.2) is 27.8 Å². The van der Waals surface area contributed by atoms with Gasteiger partial charge in [-0.1, -0.05) is 0 Å². The van der Waals surface area contributed by atoms with Crippen molar-refractivity contribution in [2.75, 3.05) is 7.11 Å². The van der Waals surface area contributed by atoms with Crippen LogP contribution in [0.4, 0.5) is 0 Å². The number of carbonyl (C=O) groups excluding carboxylic acids is 1. The van der Waals surface area contributed by atoms with E-state index >= 15 is 0 Å². The Labute approximate surface area is 111 Å². The lowest BCUT2D eigenvalue weighted by molar-refractivity contribution is 0.0597. The van der Waals surface area contributed by atoms with Gasteiger partial charge in [0.1, 0.15) is 6.61 Å². The second-order valence-electron chi connectivity index (χ2n) is 3.81. The molecule has 0 aliphatic rings. The van der Waals surface area contributed by atoms with Gasteiger partial charge in [0.15, 0.2) is 5.75 Å². The Kier molecular flexibility index (Phi) is 4.12. The van der Waals surface area contributed by atoms with E-state index in [1.807, 2.05) is 6.92 Å². The minimum absolute atomic E-state index is 0.195. The van der Waals surface area contributed by atoms with E-state index in [1.54, 1.807) is 35.4 Å². The molecular weight excluding hydrogens is 246 g/mol. The third kappa shape index (κ3) is 3.09. The van der Waals surface area contributed by atoms with E-state index < -0.39 is 5.97 Å². The van der Waals surface area contributed by atoms with Crippen molar-refractivity contribution < 1.29 is 14.3 Å². The van der Waals surface area contributed by atoms with E-state index in [1.165, 1.54) is 7.11 Å². The quantitative estimate of drug-likeness (QED) is 0.766. The fourth-order valence-corrected chi connectivity index (χ4v) is 1.59. The molecule has 0 amide bonds. The van der Waals surface area contributed by atoms with Crippen LogP contribution in [0, 0.1) is 0 Å². The average Bonchev–Trinajstić information content (AvgIpc) is 2.92. The molecule has 0 bridgehead atoms. The van der Waals surface area contributed by atoms with Crippen molar-refractivity contribution in [1.29, 1.82) is 0 Å². The largest absolute Gasteiger partial charge is 0.484 e. The first kappa shape index (κ1) is 13.1. The average molecular weight is 261 g/mol. The Morgan fingerprint density at radius 2 is 2.32 bits per heavy atom. The predicted octanol–water partition coefficient (Wildman–Crippen LogP) is 1.66. The van der Waals surface area contributed by atoms with Gasteiger partial charge in [-0.2, -0.15) is 5.10 Å². The molecule has 0 saturated carbocycles. The molecule has 0 atom stereocenters. The summed E-state index contributed by atoms with van der Waals surface area (Å²) in [4.78, 5) is 15.7. The standard InChI is InChI=1S/C13H15N3O3/c1-3-16-8-10(7-15-16)19-9-12-11(13(17)18-2)5-4-6-14-12/h4-8H,3,9H2,1-2H3. The SMILES string of the molecule is CCn1cc(OCc2ncccc2C(=O)OC)cn1. The smallest absolute Gasteiger partial charge is 0.339 e. The van der Waals surface area contributed by atoms with Crippen LogP contribution in [-0.2, 0) is 17.9 Å². The summed E-state index contributed by atoms with van der Waals surface area (Å²) in [5.74, 6) is 0.222. The molecule has 0 saturated heterocycles. The third-order valence-electron chi connectivity index (χ3n) is 2.60. The second kappa shape index (κ2) is 5.99. The number of ether oxygens (including phenoxy) is 2. The van der Waals surface area contributed by atoms with E-state index in [0.29, 0.717) is 17.0 Å². The number of carbonyl (C=O) groups is 1. The number of nitrogens with zero attached hydrogens (tertiary/aromatic N) is 3. The summed E-state index contributed by atoms with van der Waals surface area (Å²) < 4.78 is 12.0. The number of esters is 1. The summed E-state index contributed by atoms with van der Waals surface area (Å²) in [5, 5.41) is 4.10. The topological polar surface area (TPSA) is 66.2 Å². The van der Waals surface area contributed by atoms with Crippen molar-refractivity contribution >= 4 is 5.97 Å². The van der Waals surface area contributed by atoms with Crippen LogP contribution in [0.25, 0.3) is 0 Å². The molecule has 0 aliphatic heterocycles. The molecule has 0 spiro atoms. The van der Waals surface area contributed by atoms with Gasteiger partial charge in [0.2, 0.25) is 0 Å². The normalized spacial score (nSPS) is 10.2. The van der Waals surface area contributed by atoms with Crippen molar-refractivity contribution in [1.82, 2.24) is 14.8 Å². The number of methoxy groups -OCH3 is 1. The molecule has 0 unspecified atom stereocenters. The summed E-state index contributed by atoms with van der Waals surface area (Å²) in [7, 11) is 1.34. The summed E-state index contributed by atoms with van der Waals surface area (Å²) >= 11 is 0. The van der Waals surface area contributed by atoms with Crippen LogP contribution in [0.1, 0.15) is 23.0 Å². The lowest BCUT2D eigenvalue weighted by Crippen LogP contribution is -2.09. The number of aromatic nitrogens is 3. The van der Waals surface area contributed by atoms with Gasteiger partial charge in [0, 0.05) is 12.7 Å². The van der Waals surface area contributed by atoms with Crippen LogP contribution >= 0.6 is 0 Å². The summed E-state index contributed by atoms with van der Waals surface area (Å²) in [6.07, 6.45) is 5.03. The Morgan fingerprint density at radius 3 is 3.00 bits per heavy atom. The summed E-state index contributed by atoms with van der Waals surface area (Å²) in [6.45, 7) is 2.96. The highest BCUT2D eigenvalue weighted by molar-refractivity contribution is 5.90. The summed E-state index contributed by atoms with van der Waals surface area (Å²) in [5.41, 5.74) is 0.950. The van der Waals surface area contributed by atoms with Crippen LogP contribution in [0.3, 0.4) is 0 Å². The molecule has 19 heavy (non-hydrogen) atoms. The van der Waals surface area contributed by atoms with E-state index in [0.717, 1.165) is 6.54 Å². The zero-order chi connectivity index (χ0) is 13.7. The monoisotopic (exact) mass is 261 g/mol. The highest BCUT2D eigenvalue weighted by Crippen LogP contribution is 2.13. The Morgan fingerprint density at radius 1 is 1.47 bits per heavy atom. The molecule has 6 heteroatoms. The van der Waals surface area contributed by atoms with Gasteiger partial charge in [-0.05, 0) is 19.1 Å². The maximum Gasteiger partial charge on any atom is 0.339 e. The highest BCUT2D eigenvalue weighted by atomic mass is 16.5. The van der Waals surface area contributed by atoms with Gasteiger partial charge < -0.3 is 9.47 Å². The zero-order valence-electron chi connectivity index (χ0n) is 10.9. The van der Waals surface area contributed by atoms with Crippen LogP contribution in [0.15, 0.2) is 30.7 Å². The Hall–Kier alpha value is -2.37. The summed E-state index contributed by atoms with van der Waals surface area (Å²) in [6, 6.07) is 3.35. The first-order chi connectivity index (χ1) is 9.24. The molecule has 0 radical (unpaired) electrons. The molecule has 0 N–H and O–H groups in total. The predicted molar refractivity (Wildman–Crippen MR) is 67.8 cm³/mol. The highest BCUT2D eigenvalue weighted by Gasteiger charge is 2.13. The molecular formula is C13H15N3O3. The lowest BCUT2D eigenvalue weighted by atomic mass is 10.2. The number of pyridine rings is 1. The van der Waals surface area contributed by atoms with Gasteiger partial charge in [0.05, 0.1) is 30.8 Å². The van der Waals surface area contributed by atoms with E-state index in [4.69, 9.17) is 9.47 Å². The molecule has 2 aromatic rings. The van der Waals surface area contributed by atoms with E-state index in [9.17, 15) is 4.79 Å². The zero-order valence-corrected chi connectivity index (χ0v) is 10.9. The van der Waals surface area contributed by atoms with Crippen molar-refractivity contribution in [3.63, 3.8) is 0 Å². The van der Waals surface area contributed by atoms with Crippen molar-refractivity contribution in [3.05, 3.63) is 42.0 Å². The first-order valence-corrected chi connectivity index (χ1v) is 5.92. The van der Waals surface area contributed by atoms with Crippen molar-refractivity contribution in [3.8, 4) is 5.75 Å². The number of rotatable bonds is 5. The Bertz CT molecular complexity index is 566. The van der Waals surface area contributed by atoms with Crippen LogP contribution < -0.4 is 4.74 Å². The minimum Gasteiger partial charge on any atom is -0.484 e. The molecule has 0 fully saturated rings. The molecule has 2 aromatic heterocycles. The van der Waals surface area contributed by atoms with Crippen molar-refractivity contribution in [2.45, 2.75) is 20.1 Å². The van der Waals surface area contributed by atoms with Gasteiger partial charge >= 0.3 is 5.97 Å². The molecule has 0 aliphatic carbocycles. The third-order valence-corrected chi connectivity index (χ3v) is 2.60. The Balaban J connectivity index is 2.08. The van der Waals surface area contributed by atoms with E-state index in [-0.39, 0.29) is 6.61 Å². The molecule has 6 nitrogen and oxygen atoms in total. The molecule has 0 aromatic carbocycles. The van der Waals surface area contributed by atoms with Gasteiger partial charge in [-0.15, -0.1) is 0 Å². The minimum atomic E-state index is -0.420.